The van der Waals surface area contributed by atoms with Crippen LogP contribution in [0, 0.1) is 34.5 Å². The van der Waals surface area contributed by atoms with Crippen LogP contribution in [0.1, 0.15) is 76.7 Å². The van der Waals surface area contributed by atoms with E-state index in [1.807, 2.05) is 0 Å². The molecule has 1 N–H and O–H groups in total. The molecule has 3 fully saturated rings. The highest BCUT2D eigenvalue weighted by atomic mass is 16.3. The van der Waals surface area contributed by atoms with E-state index in [9.17, 15) is 5.11 Å². The Balaban J connectivity index is 1.45. The first-order valence-corrected chi connectivity index (χ1v) is 11.0. The van der Waals surface area contributed by atoms with Crippen molar-refractivity contribution in [3.05, 3.63) is 47.7 Å². The maximum atomic E-state index is 10.1. The van der Waals surface area contributed by atoms with E-state index in [-0.39, 0.29) is 0 Å². The van der Waals surface area contributed by atoms with Crippen LogP contribution < -0.4 is 0 Å². The lowest BCUT2D eigenvalue weighted by Gasteiger charge is -2.60. The Morgan fingerprint density at radius 1 is 0.885 bits per heavy atom. The van der Waals surface area contributed by atoms with Crippen molar-refractivity contribution in [2.75, 3.05) is 0 Å². The van der Waals surface area contributed by atoms with E-state index in [1.165, 1.54) is 38.5 Å². The van der Waals surface area contributed by atoms with Gasteiger partial charge in [-0.3, -0.25) is 0 Å². The zero-order valence-electron chi connectivity index (χ0n) is 16.5. The van der Waals surface area contributed by atoms with Crippen molar-refractivity contribution in [3.8, 4) is 0 Å². The molecule has 4 aliphatic rings. The van der Waals surface area contributed by atoms with Crippen LogP contribution in [0.25, 0.3) is 0 Å². The Kier molecular flexibility index (Phi) is 3.82. The minimum atomic E-state index is 0.432. The number of benzene rings is 1. The highest BCUT2D eigenvalue weighted by Gasteiger charge is 2.59. The lowest BCUT2D eigenvalue weighted by atomic mass is 9.45. The second-order valence-electron chi connectivity index (χ2n) is 10.3. The Morgan fingerprint density at radius 3 is 2.46 bits per heavy atom. The summed E-state index contributed by atoms with van der Waals surface area (Å²) in [6.45, 7) is 5.18. The van der Waals surface area contributed by atoms with Gasteiger partial charge in [-0.1, -0.05) is 44.2 Å². The molecule has 26 heavy (non-hydrogen) atoms. The Bertz CT molecular complexity index is 706. The third-order valence-electron chi connectivity index (χ3n) is 9.50. The van der Waals surface area contributed by atoms with Gasteiger partial charge in [-0.2, -0.15) is 0 Å². The zero-order valence-corrected chi connectivity index (χ0v) is 16.5. The van der Waals surface area contributed by atoms with Gasteiger partial charge in [0.1, 0.15) is 0 Å². The summed E-state index contributed by atoms with van der Waals surface area (Å²) in [6, 6.07) is 11.4. The van der Waals surface area contributed by atoms with E-state index in [2.05, 4.69) is 50.3 Å². The van der Waals surface area contributed by atoms with Gasteiger partial charge in [0.25, 0.3) is 0 Å². The lowest BCUT2D eigenvalue weighted by Crippen LogP contribution is -2.52. The fraction of sp³-hybridized carbons (Fsp3) is 0.680. The molecule has 140 valence electrons. The first-order valence-electron chi connectivity index (χ1n) is 11.0. The van der Waals surface area contributed by atoms with Crippen LogP contribution in [0.4, 0.5) is 0 Å². The van der Waals surface area contributed by atoms with E-state index < -0.39 is 0 Å². The molecule has 0 saturated heterocycles. The first-order chi connectivity index (χ1) is 12.5. The van der Waals surface area contributed by atoms with Crippen LogP contribution in [0.15, 0.2) is 42.2 Å². The van der Waals surface area contributed by atoms with Gasteiger partial charge in [0.05, 0.1) is 5.76 Å². The number of hydrogen-bond donors (Lipinski definition) is 1. The van der Waals surface area contributed by atoms with E-state index in [0.29, 0.717) is 22.5 Å². The summed E-state index contributed by atoms with van der Waals surface area (Å²) in [5, 5.41) is 10.1. The van der Waals surface area contributed by atoms with Crippen molar-refractivity contribution in [1.29, 1.82) is 0 Å². The van der Waals surface area contributed by atoms with Crippen LogP contribution >= 0.6 is 0 Å². The highest BCUT2D eigenvalue weighted by Crippen LogP contribution is 2.68. The second-order valence-corrected chi connectivity index (χ2v) is 10.3. The van der Waals surface area contributed by atoms with Crippen molar-refractivity contribution in [1.82, 2.24) is 0 Å². The number of allylic oxidation sites excluding steroid dienone is 2. The summed E-state index contributed by atoms with van der Waals surface area (Å²) < 4.78 is 0. The Morgan fingerprint density at radius 2 is 1.65 bits per heavy atom. The van der Waals surface area contributed by atoms with Gasteiger partial charge in [-0.25, -0.2) is 0 Å². The van der Waals surface area contributed by atoms with Gasteiger partial charge in [0.15, 0.2) is 0 Å². The molecule has 0 bridgehead atoms. The van der Waals surface area contributed by atoms with Crippen molar-refractivity contribution in [2.45, 2.75) is 71.1 Å². The molecule has 0 heterocycles. The third kappa shape index (κ3) is 2.28. The van der Waals surface area contributed by atoms with E-state index in [0.717, 1.165) is 36.5 Å². The Hall–Kier alpha value is -1.24. The lowest BCUT2D eigenvalue weighted by molar-refractivity contribution is -0.0941. The average Bonchev–Trinajstić information content (AvgIpc) is 3.00. The highest BCUT2D eigenvalue weighted by molar-refractivity contribution is 5.26. The number of fused-ring (bicyclic) bond motifs is 5. The molecule has 5 rings (SSSR count). The number of aliphatic hydroxyl groups is 1. The van der Waals surface area contributed by atoms with Crippen molar-refractivity contribution >= 4 is 0 Å². The standard InChI is InChI=1S/C25H34O/c1-24-14-12-19(26)16-18(24)8-9-20-22-11-10-21(17-6-4-3-5-7-17)25(22,2)15-13-23(20)24/h3-7,12,18,20-23,26H,8-11,13-16H2,1-2H3/t18?,20-,21?,22-,23-,24-,25+/m0/s1. The molecule has 2 unspecified atom stereocenters. The first kappa shape index (κ1) is 16.9. The summed E-state index contributed by atoms with van der Waals surface area (Å²) in [7, 11) is 0. The monoisotopic (exact) mass is 350 g/mol. The second kappa shape index (κ2) is 5.88. The Labute approximate surface area is 158 Å². The largest absolute Gasteiger partial charge is 0.513 e. The molecule has 1 heteroatoms. The molecular weight excluding hydrogens is 316 g/mol. The third-order valence-corrected chi connectivity index (χ3v) is 9.50. The van der Waals surface area contributed by atoms with Crippen molar-refractivity contribution < 1.29 is 5.11 Å². The van der Waals surface area contributed by atoms with Crippen molar-refractivity contribution in [3.63, 3.8) is 0 Å². The van der Waals surface area contributed by atoms with Gasteiger partial charge in [0, 0.05) is 6.42 Å². The summed E-state index contributed by atoms with van der Waals surface area (Å²) >= 11 is 0. The molecule has 1 aromatic rings. The van der Waals surface area contributed by atoms with Gasteiger partial charge in [-0.15, -0.1) is 0 Å². The van der Waals surface area contributed by atoms with Crippen LogP contribution in [-0.4, -0.2) is 5.11 Å². The predicted molar refractivity (Wildman–Crippen MR) is 107 cm³/mol. The van der Waals surface area contributed by atoms with Crippen LogP contribution in [0.5, 0.6) is 0 Å². The number of aliphatic hydroxyl groups excluding tert-OH is 1. The molecule has 1 nitrogen and oxygen atoms in total. The molecule has 0 radical (unpaired) electrons. The molecule has 0 amide bonds. The van der Waals surface area contributed by atoms with E-state index in [4.69, 9.17) is 0 Å². The number of rotatable bonds is 1. The normalized spacial score (nSPS) is 47.5. The molecule has 7 atom stereocenters. The summed E-state index contributed by atoms with van der Waals surface area (Å²) in [5.74, 6) is 4.83. The van der Waals surface area contributed by atoms with Crippen molar-refractivity contribution in [2.24, 2.45) is 34.5 Å². The summed E-state index contributed by atoms with van der Waals surface area (Å²) in [6.07, 6.45) is 12.5. The molecule has 1 aromatic carbocycles. The van der Waals surface area contributed by atoms with Gasteiger partial charge in [-0.05, 0) is 97.0 Å². The SMILES string of the molecule is C[C@]12CC=C(O)CC1CC[C@@H]1[C@@H]2CC[C@]2(C)C(c3ccccc3)CC[C@@H]12. The van der Waals surface area contributed by atoms with Crippen LogP contribution in [0.3, 0.4) is 0 Å². The molecule has 0 spiro atoms. The van der Waals surface area contributed by atoms with E-state index in [1.54, 1.807) is 5.56 Å². The van der Waals surface area contributed by atoms with Crippen LogP contribution in [-0.2, 0) is 0 Å². The smallest absolute Gasteiger partial charge is 0.0886 e. The quantitative estimate of drug-likeness (QED) is 0.586. The summed E-state index contributed by atoms with van der Waals surface area (Å²) in [5.41, 5.74) is 2.51. The molecule has 0 aromatic heterocycles. The molecule has 0 aliphatic heterocycles. The van der Waals surface area contributed by atoms with Gasteiger partial charge < -0.3 is 5.11 Å². The molecule has 4 aliphatic carbocycles. The number of hydrogen-bond acceptors (Lipinski definition) is 1. The molecular formula is C25H34O. The summed E-state index contributed by atoms with van der Waals surface area (Å²) in [4.78, 5) is 0. The van der Waals surface area contributed by atoms with E-state index >= 15 is 0 Å². The average molecular weight is 351 g/mol. The maximum absolute atomic E-state index is 10.1. The topological polar surface area (TPSA) is 20.2 Å². The van der Waals surface area contributed by atoms with Gasteiger partial charge in [0.2, 0.25) is 0 Å². The fourth-order valence-corrected chi connectivity index (χ4v) is 8.09. The maximum Gasteiger partial charge on any atom is 0.0886 e. The zero-order chi connectivity index (χ0) is 17.9. The molecule has 3 saturated carbocycles. The minimum Gasteiger partial charge on any atom is -0.513 e. The fourth-order valence-electron chi connectivity index (χ4n) is 8.09. The predicted octanol–water partition coefficient (Wildman–Crippen LogP) is 6.86. The minimum absolute atomic E-state index is 0.432. The van der Waals surface area contributed by atoms with Gasteiger partial charge >= 0.3 is 0 Å². The van der Waals surface area contributed by atoms with Crippen LogP contribution in [0.2, 0.25) is 0 Å².